The molecule has 0 amide bonds. The van der Waals surface area contributed by atoms with Crippen LogP contribution in [0.5, 0.6) is 0 Å². The van der Waals surface area contributed by atoms with Crippen LogP contribution in [0.25, 0.3) is 0 Å². The zero-order chi connectivity index (χ0) is 10.2. The highest BCUT2D eigenvalue weighted by atomic mass is 27.0. The average Bonchev–Trinajstić information content (AvgIpc) is 1.94. The van der Waals surface area contributed by atoms with Gasteiger partial charge in [0, 0.05) is 11.0 Å². The third-order valence-corrected chi connectivity index (χ3v) is 3.58. The maximum absolute atomic E-state index is 12.3. The summed E-state index contributed by atoms with van der Waals surface area (Å²) in [4.78, 5) is -0.372. The number of hydrogen-bond acceptors (Lipinski definition) is 2. The van der Waals surface area contributed by atoms with Gasteiger partial charge in [0.2, 0.25) is 0 Å². The number of rotatable bonds is 0. The Balaban J connectivity index is 2.67. The molecule has 0 aromatic heterocycles. The second-order valence-corrected chi connectivity index (χ2v) is 4.82. The Hall–Kier alpha value is 0.242. The van der Waals surface area contributed by atoms with Crippen LogP contribution < -0.4 is 5.73 Å². The van der Waals surface area contributed by atoms with Crippen molar-refractivity contribution in [1.29, 1.82) is 0 Å². The van der Waals surface area contributed by atoms with Gasteiger partial charge in [-0.05, 0) is 12.3 Å². The minimum atomic E-state index is -4.25. The van der Waals surface area contributed by atoms with Gasteiger partial charge in [0.25, 0.3) is 16.3 Å². The van der Waals surface area contributed by atoms with Crippen molar-refractivity contribution >= 4 is 16.3 Å². The molecule has 0 aromatic rings. The zero-order valence-electron chi connectivity index (χ0n) is 7.64. The molecule has 1 heterocycles. The van der Waals surface area contributed by atoms with E-state index < -0.39 is 18.2 Å². The number of ether oxygens (including phenoxy) is 1. The molecule has 4 unspecified atom stereocenters. The molecule has 2 nitrogen and oxygen atoms in total. The summed E-state index contributed by atoms with van der Waals surface area (Å²) in [6, 6.07) is -0.222. The molecule has 1 aliphatic heterocycles. The van der Waals surface area contributed by atoms with Crippen LogP contribution in [-0.4, -0.2) is 39.6 Å². The number of nitrogens with two attached hydrogens (primary N) is 1. The quantitative estimate of drug-likeness (QED) is 0.583. The molecule has 0 radical (unpaired) electrons. The molecule has 1 saturated heterocycles. The molecule has 0 bridgehead atoms. The monoisotopic (exact) mass is 211 g/mol. The average molecular weight is 211 g/mol. The summed E-state index contributed by atoms with van der Waals surface area (Å²) >= 11 is 0.550. The zero-order valence-corrected chi connectivity index (χ0v) is 9.64. The number of hydrogen-bond donors (Lipinski definition) is 1. The van der Waals surface area contributed by atoms with Crippen LogP contribution in [-0.2, 0) is 4.74 Å². The summed E-state index contributed by atoms with van der Waals surface area (Å²) in [6.45, 7) is 1.53. The van der Waals surface area contributed by atoms with Crippen molar-refractivity contribution in [3.8, 4) is 0 Å². The fraction of sp³-hybridized carbons (Fsp3) is 1.00. The van der Waals surface area contributed by atoms with Crippen LogP contribution in [0.3, 0.4) is 0 Å². The van der Waals surface area contributed by atoms with Crippen LogP contribution >= 0.6 is 0 Å². The maximum atomic E-state index is 12.3. The molecule has 0 aliphatic carbocycles. The minimum absolute atomic E-state index is 0.222. The van der Waals surface area contributed by atoms with Crippen molar-refractivity contribution in [2.45, 2.75) is 36.6 Å². The van der Waals surface area contributed by atoms with E-state index in [1.807, 2.05) is 0 Å². The minimum Gasteiger partial charge on any atom is -0.380 e. The fourth-order valence-electron chi connectivity index (χ4n) is 1.61. The van der Waals surface area contributed by atoms with Crippen molar-refractivity contribution in [3.05, 3.63) is 0 Å². The van der Waals surface area contributed by atoms with Crippen molar-refractivity contribution in [1.82, 2.24) is 0 Å². The normalized spacial score (nSPS) is 41.9. The lowest BCUT2D eigenvalue weighted by molar-refractivity contribution is -0.252. The predicted octanol–water partition coefficient (Wildman–Crippen LogP) is 0.260. The molecule has 0 aromatic carbocycles. The molecular formula is C7H13AlF3NO. The Kier molecular flexibility index (Phi) is 3.29. The van der Waals surface area contributed by atoms with E-state index in [0.29, 0.717) is 22.7 Å². The molecular weight excluding hydrogens is 198 g/mol. The third kappa shape index (κ3) is 2.60. The molecule has 4 atom stereocenters. The van der Waals surface area contributed by atoms with E-state index in [1.165, 1.54) is 6.92 Å². The van der Waals surface area contributed by atoms with Gasteiger partial charge in [-0.2, -0.15) is 13.2 Å². The first kappa shape index (κ1) is 11.3. The third-order valence-electron chi connectivity index (χ3n) is 2.45. The first-order chi connectivity index (χ1) is 5.82. The molecule has 1 rings (SSSR count). The van der Waals surface area contributed by atoms with Gasteiger partial charge in [0.15, 0.2) is 6.10 Å². The van der Waals surface area contributed by atoms with Crippen LogP contribution in [0.4, 0.5) is 13.2 Å². The summed E-state index contributed by atoms with van der Waals surface area (Å²) in [7, 11) is 0. The smallest absolute Gasteiger partial charge is 0.380 e. The molecule has 6 heteroatoms. The largest absolute Gasteiger partial charge is 0.414 e. The van der Waals surface area contributed by atoms with Gasteiger partial charge < -0.3 is 10.5 Å². The van der Waals surface area contributed by atoms with E-state index in [-0.39, 0.29) is 11.0 Å². The van der Waals surface area contributed by atoms with Gasteiger partial charge in [0.05, 0.1) is 0 Å². The summed E-state index contributed by atoms with van der Waals surface area (Å²) in [5, 5.41) is 0. The summed E-state index contributed by atoms with van der Waals surface area (Å²) in [5.41, 5.74) is 5.62. The molecule has 1 aliphatic rings. The van der Waals surface area contributed by atoms with Gasteiger partial charge in [-0.15, -0.1) is 0 Å². The lowest BCUT2D eigenvalue weighted by atomic mass is 9.93. The Morgan fingerprint density at radius 3 is 2.46 bits per heavy atom. The van der Waals surface area contributed by atoms with Gasteiger partial charge >= 0.3 is 6.18 Å². The number of halogens is 3. The summed E-state index contributed by atoms with van der Waals surface area (Å²) in [6.07, 6.45) is -5.46. The van der Waals surface area contributed by atoms with Crippen molar-refractivity contribution in [3.63, 3.8) is 0 Å². The Bertz CT molecular complexity index is 187. The molecule has 0 saturated carbocycles. The van der Waals surface area contributed by atoms with E-state index in [9.17, 15) is 13.2 Å². The molecule has 2 N–H and O–H groups in total. The van der Waals surface area contributed by atoms with Crippen LogP contribution in [0.1, 0.15) is 13.3 Å². The van der Waals surface area contributed by atoms with Crippen molar-refractivity contribution in [2.75, 3.05) is 0 Å². The van der Waals surface area contributed by atoms with Gasteiger partial charge in [-0.3, -0.25) is 0 Å². The first-order valence-electron chi connectivity index (χ1n) is 4.30. The van der Waals surface area contributed by atoms with E-state index in [2.05, 4.69) is 0 Å². The molecule has 0 spiro atoms. The lowest BCUT2D eigenvalue weighted by Gasteiger charge is -2.38. The molecule has 1 fully saturated rings. The Labute approximate surface area is 83.0 Å². The highest BCUT2D eigenvalue weighted by Gasteiger charge is 2.48. The lowest BCUT2D eigenvalue weighted by Crippen LogP contribution is -2.52. The molecule has 76 valence electrons. The standard InChI is InChI=1S/C7H11F3NO.Al.2H/c1-4-2-5(11)3-12-6(4)7(8,9)10;;;/h3-6H,2,11H2,1H3;;;. The van der Waals surface area contributed by atoms with E-state index >= 15 is 0 Å². The Morgan fingerprint density at radius 1 is 1.46 bits per heavy atom. The number of alkyl halides is 3. The SMILES string of the molecule is CC1CC(N)[CH]([AlH2])OC1C(F)(F)F. The van der Waals surface area contributed by atoms with Crippen LogP contribution in [0, 0.1) is 5.92 Å². The molecule has 13 heavy (non-hydrogen) atoms. The first-order valence-corrected chi connectivity index (χ1v) is 5.45. The van der Waals surface area contributed by atoms with Gasteiger partial charge in [-0.1, -0.05) is 6.92 Å². The van der Waals surface area contributed by atoms with E-state index in [1.54, 1.807) is 0 Å². The van der Waals surface area contributed by atoms with Crippen LogP contribution in [0.15, 0.2) is 0 Å². The van der Waals surface area contributed by atoms with Gasteiger partial charge in [0.1, 0.15) is 0 Å². The topological polar surface area (TPSA) is 35.2 Å². The van der Waals surface area contributed by atoms with Crippen molar-refractivity contribution < 1.29 is 17.9 Å². The van der Waals surface area contributed by atoms with Crippen molar-refractivity contribution in [2.24, 2.45) is 11.7 Å². The highest BCUT2D eigenvalue weighted by Crippen LogP contribution is 2.34. The fourth-order valence-corrected chi connectivity index (χ4v) is 2.18. The second-order valence-electron chi connectivity index (χ2n) is 3.68. The van der Waals surface area contributed by atoms with E-state index in [4.69, 9.17) is 10.5 Å². The van der Waals surface area contributed by atoms with Crippen LogP contribution in [0.2, 0.25) is 0 Å². The summed E-state index contributed by atoms with van der Waals surface area (Å²) in [5.74, 6) is -0.528. The highest BCUT2D eigenvalue weighted by molar-refractivity contribution is 6.11. The van der Waals surface area contributed by atoms with Gasteiger partial charge in [-0.25, -0.2) is 0 Å². The van der Waals surface area contributed by atoms with E-state index in [0.717, 1.165) is 0 Å². The Morgan fingerprint density at radius 2 is 2.00 bits per heavy atom. The predicted molar refractivity (Wildman–Crippen MR) is 45.0 cm³/mol. The maximum Gasteiger partial charge on any atom is 0.414 e. The second kappa shape index (κ2) is 3.78. The summed E-state index contributed by atoms with van der Waals surface area (Å²) < 4.78 is 41.9.